The molecule has 2 aromatic rings. The molecular weight excluding hydrogens is 416 g/mol. The van der Waals surface area contributed by atoms with Crippen LogP contribution in [0, 0.1) is 0 Å². The van der Waals surface area contributed by atoms with Crippen molar-refractivity contribution in [1.82, 2.24) is 4.90 Å². The Morgan fingerprint density at radius 2 is 1.97 bits per heavy atom. The fourth-order valence-electron chi connectivity index (χ4n) is 2.94. The number of nitrogens with one attached hydrogen (secondary N) is 1. The molecule has 1 saturated heterocycles. The Balaban J connectivity index is 1.70. The number of thiocarbonyl (C=S) groups is 1. The van der Waals surface area contributed by atoms with Crippen LogP contribution in [0.1, 0.15) is 18.1 Å². The molecule has 0 radical (unpaired) electrons. The van der Waals surface area contributed by atoms with E-state index in [1.165, 1.54) is 16.7 Å². The van der Waals surface area contributed by atoms with Gasteiger partial charge in [0.15, 0.2) is 6.61 Å². The van der Waals surface area contributed by atoms with Crippen LogP contribution in [0.25, 0.3) is 6.08 Å². The summed E-state index contributed by atoms with van der Waals surface area (Å²) >= 11 is 6.51. The second-order valence-electron chi connectivity index (χ2n) is 6.47. The second kappa shape index (κ2) is 10.2. The van der Waals surface area contributed by atoms with Gasteiger partial charge in [0.1, 0.15) is 10.1 Å². The summed E-state index contributed by atoms with van der Waals surface area (Å²) < 4.78 is 6.25. The number of carbonyl (C=O) groups excluding carboxylic acids is 2. The van der Waals surface area contributed by atoms with Gasteiger partial charge in [-0.3, -0.25) is 14.5 Å². The zero-order valence-corrected chi connectivity index (χ0v) is 18.2. The van der Waals surface area contributed by atoms with Crippen LogP contribution in [-0.2, 0) is 16.0 Å². The van der Waals surface area contributed by atoms with E-state index in [2.05, 4.69) is 11.9 Å². The summed E-state index contributed by atoms with van der Waals surface area (Å²) in [4.78, 5) is 26.9. The van der Waals surface area contributed by atoms with Crippen molar-refractivity contribution in [3.8, 4) is 5.75 Å². The molecule has 2 amide bonds. The highest BCUT2D eigenvalue weighted by atomic mass is 32.2. The fraction of sp³-hybridized carbons (Fsp3) is 0.174. The van der Waals surface area contributed by atoms with Crippen LogP contribution in [0.2, 0.25) is 0 Å². The van der Waals surface area contributed by atoms with E-state index < -0.39 is 0 Å². The van der Waals surface area contributed by atoms with Gasteiger partial charge >= 0.3 is 0 Å². The molecule has 0 bridgehead atoms. The van der Waals surface area contributed by atoms with Crippen molar-refractivity contribution >= 4 is 51.9 Å². The lowest BCUT2D eigenvalue weighted by Crippen LogP contribution is -2.27. The molecule has 3 rings (SSSR count). The maximum atomic E-state index is 12.5. The molecule has 1 aliphatic rings. The zero-order valence-electron chi connectivity index (χ0n) is 16.6. The average Bonchev–Trinajstić information content (AvgIpc) is 3.01. The number of amides is 2. The number of hydrogen-bond donors (Lipinski definition) is 1. The Morgan fingerprint density at radius 1 is 1.23 bits per heavy atom. The van der Waals surface area contributed by atoms with Gasteiger partial charge in [0.25, 0.3) is 11.8 Å². The molecular formula is C23H22N2O3S2. The van der Waals surface area contributed by atoms with E-state index in [1.807, 2.05) is 49.4 Å². The van der Waals surface area contributed by atoms with E-state index in [4.69, 9.17) is 17.0 Å². The Morgan fingerprint density at radius 3 is 2.73 bits per heavy atom. The number of anilines is 1. The van der Waals surface area contributed by atoms with E-state index in [1.54, 1.807) is 18.2 Å². The summed E-state index contributed by atoms with van der Waals surface area (Å²) in [6.45, 7) is 5.93. The molecule has 5 nitrogen and oxygen atoms in total. The third kappa shape index (κ3) is 5.17. The van der Waals surface area contributed by atoms with Crippen molar-refractivity contribution in [2.75, 3.05) is 18.5 Å². The van der Waals surface area contributed by atoms with Crippen LogP contribution < -0.4 is 10.1 Å². The summed E-state index contributed by atoms with van der Waals surface area (Å²) in [6.07, 6.45) is 4.20. The highest BCUT2D eigenvalue weighted by molar-refractivity contribution is 8.26. The molecule has 0 aromatic heterocycles. The predicted molar refractivity (Wildman–Crippen MR) is 126 cm³/mol. The molecule has 0 saturated carbocycles. The standard InChI is InChI=1S/C23H22N2O3S2/c1-3-13-25-22(27)20(30-23(25)29)14-17-10-6-8-12-19(17)28-15-21(26)24-18-11-7-5-9-16(18)4-2/h3,5-12,14H,1,4,13,15H2,2H3,(H,24,26)/b20-14-. The number of rotatable bonds is 8. The van der Waals surface area contributed by atoms with Gasteiger partial charge in [-0.2, -0.15) is 0 Å². The lowest BCUT2D eigenvalue weighted by molar-refractivity contribution is -0.121. The van der Waals surface area contributed by atoms with Gasteiger partial charge in [-0.05, 0) is 30.2 Å². The predicted octanol–water partition coefficient (Wildman–Crippen LogP) is 4.65. The second-order valence-corrected chi connectivity index (χ2v) is 8.14. The van der Waals surface area contributed by atoms with Gasteiger partial charge in [0.2, 0.25) is 0 Å². The Labute approximate surface area is 185 Å². The van der Waals surface area contributed by atoms with Crippen LogP contribution in [0.15, 0.2) is 66.1 Å². The van der Waals surface area contributed by atoms with E-state index >= 15 is 0 Å². The molecule has 1 aliphatic heterocycles. The number of benzene rings is 2. The van der Waals surface area contributed by atoms with E-state index in [0.29, 0.717) is 27.1 Å². The van der Waals surface area contributed by atoms with E-state index in [0.717, 1.165) is 17.7 Å². The van der Waals surface area contributed by atoms with Crippen LogP contribution in [-0.4, -0.2) is 34.2 Å². The lowest BCUT2D eigenvalue weighted by Gasteiger charge is -2.12. The number of nitrogens with zero attached hydrogens (tertiary/aromatic N) is 1. The van der Waals surface area contributed by atoms with Crippen LogP contribution in [0.3, 0.4) is 0 Å². The maximum absolute atomic E-state index is 12.5. The van der Waals surface area contributed by atoms with Crippen molar-refractivity contribution in [3.63, 3.8) is 0 Å². The van der Waals surface area contributed by atoms with Crippen LogP contribution in [0.4, 0.5) is 5.69 Å². The Bertz CT molecular complexity index is 1020. The highest BCUT2D eigenvalue weighted by Crippen LogP contribution is 2.34. The van der Waals surface area contributed by atoms with Crippen molar-refractivity contribution < 1.29 is 14.3 Å². The molecule has 30 heavy (non-hydrogen) atoms. The van der Waals surface area contributed by atoms with Crippen molar-refractivity contribution in [1.29, 1.82) is 0 Å². The number of ether oxygens (including phenoxy) is 1. The minimum absolute atomic E-state index is 0.139. The summed E-state index contributed by atoms with van der Waals surface area (Å²) in [5, 5.41) is 2.89. The van der Waals surface area contributed by atoms with Crippen molar-refractivity contribution in [2.45, 2.75) is 13.3 Å². The normalized spacial score (nSPS) is 14.8. The molecule has 0 spiro atoms. The molecule has 0 unspecified atom stereocenters. The monoisotopic (exact) mass is 438 g/mol. The minimum Gasteiger partial charge on any atom is -0.483 e. The number of carbonyl (C=O) groups is 2. The topological polar surface area (TPSA) is 58.6 Å². The summed E-state index contributed by atoms with van der Waals surface area (Å²) in [5.41, 5.74) is 2.55. The van der Waals surface area contributed by atoms with Crippen molar-refractivity contribution in [2.24, 2.45) is 0 Å². The van der Waals surface area contributed by atoms with Crippen molar-refractivity contribution in [3.05, 3.63) is 77.2 Å². The number of thioether (sulfide) groups is 1. The maximum Gasteiger partial charge on any atom is 0.266 e. The summed E-state index contributed by atoms with van der Waals surface area (Å²) in [5.74, 6) is 0.113. The number of aryl methyl sites for hydroxylation is 1. The molecule has 7 heteroatoms. The minimum atomic E-state index is -0.247. The first kappa shape index (κ1) is 21.8. The SMILES string of the molecule is C=CCN1C(=O)/C(=C/c2ccccc2OCC(=O)Nc2ccccc2CC)SC1=S. The fourth-order valence-corrected chi connectivity index (χ4v) is 4.21. The van der Waals surface area contributed by atoms with E-state index in [-0.39, 0.29) is 18.4 Å². The van der Waals surface area contributed by atoms with Gasteiger partial charge in [0.05, 0.1) is 4.91 Å². The number of para-hydroxylation sites is 2. The van der Waals surface area contributed by atoms with Gasteiger partial charge < -0.3 is 10.1 Å². The summed E-state index contributed by atoms with van der Waals surface area (Å²) in [7, 11) is 0. The zero-order chi connectivity index (χ0) is 21.5. The largest absolute Gasteiger partial charge is 0.483 e. The molecule has 2 aromatic carbocycles. The van der Waals surface area contributed by atoms with Crippen LogP contribution >= 0.6 is 24.0 Å². The quantitative estimate of drug-likeness (QED) is 0.369. The number of hydrogen-bond acceptors (Lipinski definition) is 5. The van der Waals surface area contributed by atoms with Gasteiger partial charge in [0, 0.05) is 17.8 Å². The molecule has 0 atom stereocenters. The Hall–Kier alpha value is -2.90. The van der Waals surface area contributed by atoms with Gasteiger partial charge in [-0.1, -0.05) is 73.4 Å². The third-order valence-electron chi connectivity index (χ3n) is 4.42. The first-order valence-corrected chi connectivity index (χ1v) is 10.7. The van der Waals surface area contributed by atoms with Gasteiger partial charge in [-0.15, -0.1) is 6.58 Å². The molecule has 1 fully saturated rings. The molecule has 0 aliphatic carbocycles. The third-order valence-corrected chi connectivity index (χ3v) is 5.80. The molecule has 1 N–H and O–H groups in total. The van der Waals surface area contributed by atoms with Crippen LogP contribution in [0.5, 0.6) is 5.75 Å². The first-order valence-electron chi connectivity index (χ1n) is 9.49. The first-order chi connectivity index (χ1) is 14.5. The average molecular weight is 439 g/mol. The molecule has 154 valence electrons. The smallest absolute Gasteiger partial charge is 0.266 e. The van der Waals surface area contributed by atoms with Gasteiger partial charge in [-0.25, -0.2) is 0 Å². The molecule has 1 heterocycles. The Kier molecular flexibility index (Phi) is 7.43. The highest BCUT2D eigenvalue weighted by Gasteiger charge is 2.31. The van der Waals surface area contributed by atoms with E-state index in [9.17, 15) is 9.59 Å². The lowest BCUT2D eigenvalue weighted by atomic mass is 10.1. The summed E-state index contributed by atoms with van der Waals surface area (Å²) in [6, 6.07) is 14.9.